The number of piperidine rings is 1. The summed E-state index contributed by atoms with van der Waals surface area (Å²) < 4.78 is 3.26. The highest BCUT2D eigenvalue weighted by molar-refractivity contribution is 7.16. The molecular weight excluding hydrogens is 470 g/mol. The fraction of sp³-hybridized carbons (Fsp3) is 0.640. The predicted octanol–water partition coefficient (Wildman–Crippen LogP) is 4.25. The molecule has 5 rings (SSSR count). The Kier molecular flexibility index (Phi) is 6.75. The van der Waals surface area contributed by atoms with Crippen molar-refractivity contribution in [3.63, 3.8) is 0 Å². The molecule has 2 unspecified atom stereocenters. The van der Waals surface area contributed by atoms with Crippen molar-refractivity contribution in [3.8, 4) is 0 Å². The molecule has 0 aromatic carbocycles. The summed E-state index contributed by atoms with van der Waals surface area (Å²) in [5.41, 5.74) is 2.43. The van der Waals surface area contributed by atoms with Gasteiger partial charge in [0, 0.05) is 62.1 Å². The maximum atomic E-state index is 11.8. The molecule has 0 saturated carbocycles. The highest BCUT2D eigenvalue weighted by Crippen LogP contribution is 2.43. The van der Waals surface area contributed by atoms with Crippen molar-refractivity contribution in [2.75, 3.05) is 13.1 Å². The Bertz CT molecular complexity index is 1070. The Morgan fingerprint density at radius 2 is 1.94 bits per heavy atom. The van der Waals surface area contributed by atoms with Crippen LogP contribution in [0.2, 0.25) is 4.34 Å². The zero-order chi connectivity index (χ0) is 24.0. The summed E-state index contributed by atoms with van der Waals surface area (Å²) in [5.74, 6) is 1.22. The van der Waals surface area contributed by atoms with Crippen LogP contribution in [0.3, 0.4) is 0 Å². The van der Waals surface area contributed by atoms with Crippen molar-refractivity contribution in [1.29, 1.82) is 0 Å². The van der Waals surface area contributed by atoms with Crippen LogP contribution in [0.25, 0.3) is 0 Å². The molecule has 3 aliphatic rings. The normalized spacial score (nSPS) is 25.3. The highest BCUT2D eigenvalue weighted by Gasteiger charge is 2.42. The van der Waals surface area contributed by atoms with Crippen LogP contribution in [0.5, 0.6) is 0 Å². The molecule has 0 spiro atoms. The third-order valence-electron chi connectivity index (χ3n) is 7.89. The Labute approximate surface area is 210 Å². The van der Waals surface area contributed by atoms with Gasteiger partial charge in [-0.05, 0) is 51.2 Å². The van der Waals surface area contributed by atoms with Gasteiger partial charge in [0.1, 0.15) is 5.82 Å². The van der Waals surface area contributed by atoms with E-state index >= 15 is 0 Å². The molecule has 184 valence electrons. The first kappa shape index (κ1) is 23.8. The zero-order valence-electron chi connectivity index (χ0n) is 20.2. The van der Waals surface area contributed by atoms with Crippen molar-refractivity contribution in [1.82, 2.24) is 24.7 Å². The number of fused-ring (bicyclic) bond motifs is 3. The van der Waals surface area contributed by atoms with Crippen LogP contribution >= 0.6 is 22.9 Å². The summed E-state index contributed by atoms with van der Waals surface area (Å²) in [6, 6.07) is 5.59. The molecule has 0 aliphatic carbocycles. The van der Waals surface area contributed by atoms with Gasteiger partial charge in [-0.1, -0.05) is 11.6 Å². The van der Waals surface area contributed by atoms with Gasteiger partial charge < -0.3 is 14.8 Å². The third-order valence-corrected chi connectivity index (χ3v) is 9.23. The fourth-order valence-corrected chi connectivity index (χ4v) is 7.59. The number of carbonyl (C=O) groups excluding carboxylic acids is 2. The van der Waals surface area contributed by atoms with Crippen LogP contribution in [0, 0.1) is 6.92 Å². The number of hydrogen-bond acceptors (Lipinski definition) is 5. The molecule has 2 bridgehead atoms. The number of imidazole rings is 1. The minimum Gasteiger partial charge on any atom is -0.349 e. The molecule has 2 saturated heterocycles. The minimum atomic E-state index is -0.0000945. The first-order chi connectivity index (χ1) is 16.3. The topological polar surface area (TPSA) is 70.5 Å². The third kappa shape index (κ3) is 4.64. The number of aromatic nitrogens is 2. The number of aryl methyl sites for hydroxylation is 1. The van der Waals surface area contributed by atoms with E-state index < -0.39 is 0 Å². The van der Waals surface area contributed by atoms with Crippen molar-refractivity contribution >= 4 is 34.8 Å². The zero-order valence-corrected chi connectivity index (χ0v) is 21.8. The molecule has 2 aromatic heterocycles. The number of amides is 2. The average molecular weight is 504 g/mol. The second kappa shape index (κ2) is 9.63. The van der Waals surface area contributed by atoms with Gasteiger partial charge in [-0.2, -0.15) is 0 Å². The van der Waals surface area contributed by atoms with Gasteiger partial charge in [-0.3, -0.25) is 14.5 Å². The Balaban J connectivity index is 1.27. The quantitative estimate of drug-likeness (QED) is 0.639. The predicted molar refractivity (Wildman–Crippen MR) is 134 cm³/mol. The van der Waals surface area contributed by atoms with Gasteiger partial charge in [0.25, 0.3) is 0 Å². The molecule has 7 nitrogen and oxygen atoms in total. The van der Waals surface area contributed by atoms with Crippen LogP contribution < -0.4 is 5.32 Å². The number of nitrogens with one attached hydrogen (secondary N) is 1. The monoisotopic (exact) mass is 503 g/mol. The fourth-order valence-electron chi connectivity index (χ4n) is 6.44. The van der Waals surface area contributed by atoms with Crippen molar-refractivity contribution < 1.29 is 9.59 Å². The van der Waals surface area contributed by atoms with E-state index in [0.29, 0.717) is 24.7 Å². The summed E-state index contributed by atoms with van der Waals surface area (Å²) in [5, 5.41) is 3.13. The van der Waals surface area contributed by atoms with Crippen molar-refractivity contribution in [2.45, 2.75) is 90.0 Å². The van der Waals surface area contributed by atoms with Crippen LogP contribution in [0.1, 0.15) is 80.1 Å². The van der Waals surface area contributed by atoms with Gasteiger partial charge in [0.15, 0.2) is 0 Å². The van der Waals surface area contributed by atoms with E-state index in [0.717, 1.165) is 59.5 Å². The standard InChI is InChI=1S/C25H34ClN5O2S/c1-15-27-22-14-29(17(3)33)10-9-23(22)31(15)20-12-18-4-5-19(13-20)30(18)11-8-21(28-16(2)32)24-6-7-25(26)34-24/h6-7,18-21H,4-5,8-14H2,1-3H3,(H,28,32)/t18?,19?,20?,21-/m0/s1. The highest BCUT2D eigenvalue weighted by atomic mass is 35.5. The molecule has 5 heterocycles. The first-order valence-electron chi connectivity index (χ1n) is 12.4. The largest absolute Gasteiger partial charge is 0.349 e. The molecule has 9 heteroatoms. The van der Waals surface area contributed by atoms with E-state index in [2.05, 4.69) is 21.7 Å². The van der Waals surface area contributed by atoms with Crippen LogP contribution in [-0.4, -0.2) is 56.3 Å². The molecule has 2 aromatic rings. The Hall–Kier alpha value is -1.90. The Morgan fingerprint density at radius 1 is 1.21 bits per heavy atom. The van der Waals surface area contributed by atoms with Crippen LogP contribution in [0.15, 0.2) is 12.1 Å². The number of rotatable bonds is 6. The minimum absolute atomic E-state index is 0.0000945. The second-order valence-electron chi connectivity index (χ2n) is 10.0. The number of thiophene rings is 1. The van der Waals surface area contributed by atoms with Gasteiger partial charge in [-0.25, -0.2) is 4.98 Å². The van der Waals surface area contributed by atoms with E-state index in [-0.39, 0.29) is 17.9 Å². The summed E-state index contributed by atoms with van der Waals surface area (Å²) >= 11 is 7.72. The lowest BCUT2D eigenvalue weighted by Gasteiger charge is -2.41. The van der Waals surface area contributed by atoms with E-state index in [4.69, 9.17) is 16.6 Å². The van der Waals surface area contributed by atoms with E-state index in [1.165, 1.54) is 18.5 Å². The average Bonchev–Trinajstić information content (AvgIpc) is 3.42. The molecule has 2 fully saturated rings. The number of nitrogens with zero attached hydrogens (tertiary/aromatic N) is 4. The van der Waals surface area contributed by atoms with Gasteiger partial charge in [0.2, 0.25) is 11.8 Å². The van der Waals surface area contributed by atoms with E-state index in [9.17, 15) is 9.59 Å². The second-order valence-corrected chi connectivity index (χ2v) is 11.8. The summed E-state index contributed by atoms with van der Waals surface area (Å²) in [6.45, 7) is 7.76. The van der Waals surface area contributed by atoms with Crippen molar-refractivity contribution in [2.24, 2.45) is 0 Å². The molecule has 3 atom stereocenters. The van der Waals surface area contributed by atoms with Crippen LogP contribution in [-0.2, 0) is 22.6 Å². The maximum absolute atomic E-state index is 11.8. The van der Waals surface area contributed by atoms with Gasteiger partial charge >= 0.3 is 0 Å². The molecule has 3 aliphatic heterocycles. The number of carbonyl (C=O) groups is 2. The van der Waals surface area contributed by atoms with Gasteiger partial charge in [0.05, 0.1) is 22.6 Å². The maximum Gasteiger partial charge on any atom is 0.219 e. The Morgan fingerprint density at radius 3 is 2.56 bits per heavy atom. The smallest absolute Gasteiger partial charge is 0.219 e. The van der Waals surface area contributed by atoms with Crippen molar-refractivity contribution in [3.05, 3.63) is 38.6 Å². The number of hydrogen-bond donors (Lipinski definition) is 1. The summed E-state index contributed by atoms with van der Waals surface area (Å²) in [7, 11) is 0. The van der Waals surface area contributed by atoms with Crippen LogP contribution in [0.4, 0.5) is 0 Å². The molecule has 34 heavy (non-hydrogen) atoms. The molecular formula is C25H34ClN5O2S. The lowest BCUT2D eigenvalue weighted by atomic mass is 9.95. The lowest BCUT2D eigenvalue weighted by Crippen LogP contribution is -2.45. The summed E-state index contributed by atoms with van der Waals surface area (Å²) in [6.07, 6.45) is 6.57. The molecule has 0 radical (unpaired) electrons. The lowest BCUT2D eigenvalue weighted by molar-refractivity contribution is -0.129. The molecule has 1 N–H and O–H groups in total. The van der Waals surface area contributed by atoms with E-state index in [1.54, 1.807) is 25.2 Å². The SMILES string of the molecule is CC(=O)N[C@@H](CCN1C2CCC1CC(n1c(C)nc3c1CCN(C(C)=O)C3)C2)c1ccc(Cl)s1. The first-order valence-corrected chi connectivity index (χ1v) is 13.6. The van der Waals surface area contributed by atoms with Gasteiger partial charge in [-0.15, -0.1) is 11.3 Å². The van der Waals surface area contributed by atoms with E-state index in [1.807, 2.05) is 17.0 Å². The molecule has 2 amide bonds. The summed E-state index contributed by atoms with van der Waals surface area (Å²) in [4.78, 5) is 34.3. The number of halogens is 1.